The van der Waals surface area contributed by atoms with Crippen LogP contribution in [0.25, 0.3) is 5.69 Å². The Kier molecular flexibility index (Phi) is 7.89. The Morgan fingerprint density at radius 3 is 2.21 bits per heavy atom. The van der Waals surface area contributed by atoms with Crippen LogP contribution in [-0.4, -0.2) is 36.0 Å². The molecule has 178 valence electrons. The van der Waals surface area contributed by atoms with Gasteiger partial charge >= 0.3 is 5.97 Å². The summed E-state index contributed by atoms with van der Waals surface area (Å²) in [4.78, 5) is 36.0. The fraction of sp³-hybridized carbons (Fsp3) is 0.296. The van der Waals surface area contributed by atoms with Crippen LogP contribution < -0.4 is 10.6 Å². The van der Waals surface area contributed by atoms with Crippen LogP contribution in [0.1, 0.15) is 52.6 Å². The summed E-state index contributed by atoms with van der Waals surface area (Å²) in [6.07, 6.45) is 0.127. The summed E-state index contributed by atoms with van der Waals surface area (Å²) in [5.41, 5.74) is 6.15. The minimum Gasteiger partial charge on any atom is -0.468 e. The van der Waals surface area contributed by atoms with Gasteiger partial charge in [0.2, 0.25) is 5.91 Å². The van der Waals surface area contributed by atoms with E-state index in [1.165, 1.54) is 12.7 Å². The van der Waals surface area contributed by atoms with Gasteiger partial charge < -0.3 is 19.9 Å². The molecule has 0 bridgehead atoms. The van der Waals surface area contributed by atoms with Gasteiger partial charge in [-0.1, -0.05) is 38.1 Å². The second kappa shape index (κ2) is 10.8. The molecule has 0 radical (unpaired) electrons. The molecule has 0 aliphatic heterocycles. The van der Waals surface area contributed by atoms with Crippen molar-refractivity contribution in [2.75, 3.05) is 19.0 Å². The Labute approximate surface area is 200 Å². The van der Waals surface area contributed by atoms with E-state index < -0.39 is 5.97 Å². The summed E-state index contributed by atoms with van der Waals surface area (Å²) in [6.45, 7) is 8.09. The summed E-state index contributed by atoms with van der Waals surface area (Å²) in [5.74, 6) is -0.515. The van der Waals surface area contributed by atoms with Crippen molar-refractivity contribution in [3.63, 3.8) is 0 Å². The zero-order valence-corrected chi connectivity index (χ0v) is 20.3. The molecule has 0 fully saturated rings. The van der Waals surface area contributed by atoms with Crippen molar-refractivity contribution in [2.24, 2.45) is 0 Å². The fourth-order valence-corrected chi connectivity index (χ4v) is 3.79. The first-order valence-electron chi connectivity index (χ1n) is 11.2. The van der Waals surface area contributed by atoms with E-state index in [0.717, 1.165) is 22.6 Å². The van der Waals surface area contributed by atoms with Crippen LogP contribution in [0.2, 0.25) is 0 Å². The molecule has 34 heavy (non-hydrogen) atoms. The Balaban J connectivity index is 1.67. The number of ether oxygens (including phenoxy) is 1. The van der Waals surface area contributed by atoms with E-state index in [4.69, 9.17) is 0 Å². The van der Waals surface area contributed by atoms with Gasteiger partial charge in [0, 0.05) is 22.8 Å². The number of carbonyl (C=O) groups is 3. The lowest BCUT2D eigenvalue weighted by molar-refractivity contribution is -0.141. The molecule has 0 spiro atoms. The number of aryl methyl sites for hydroxylation is 1. The van der Waals surface area contributed by atoms with Gasteiger partial charge in [-0.3, -0.25) is 14.4 Å². The number of esters is 1. The molecular weight excluding hydrogens is 430 g/mol. The molecule has 0 atom stereocenters. The van der Waals surface area contributed by atoms with Crippen LogP contribution in [0.4, 0.5) is 5.69 Å². The highest BCUT2D eigenvalue weighted by Crippen LogP contribution is 2.24. The summed E-state index contributed by atoms with van der Waals surface area (Å²) >= 11 is 0. The molecule has 7 heteroatoms. The highest BCUT2D eigenvalue weighted by atomic mass is 16.5. The van der Waals surface area contributed by atoms with Crippen LogP contribution in [0.15, 0.2) is 54.6 Å². The standard InChI is InChI=1S/C27H31N3O4/c1-17(2)21-8-12-23(13-9-21)30-18(3)14-24(19(30)4)27(33)29-22-10-6-20(7-11-22)15-25(31)28-16-26(32)34-5/h6-14,17H,15-16H2,1-5H3,(H,28,31)(H,29,33). The average molecular weight is 462 g/mol. The van der Waals surface area contributed by atoms with Gasteiger partial charge in [-0.05, 0) is 61.2 Å². The number of hydrogen-bond donors (Lipinski definition) is 2. The van der Waals surface area contributed by atoms with Crippen LogP contribution in [0.5, 0.6) is 0 Å². The Morgan fingerprint density at radius 1 is 0.971 bits per heavy atom. The van der Waals surface area contributed by atoms with E-state index in [9.17, 15) is 14.4 Å². The summed E-state index contributed by atoms with van der Waals surface area (Å²) < 4.78 is 6.58. The van der Waals surface area contributed by atoms with E-state index in [1.807, 2.05) is 19.9 Å². The quantitative estimate of drug-likeness (QED) is 0.490. The zero-order chi connectivity index (χ0) is 24.8. The van der Waals surface area contributed by atoms with Crippen molar-refractivity contribution in [3.8, 4) is 5.69 Å². The molecule has 2 N–H and O–H groups in total. The lowest BCUT2D eigenvalue weighted by atomic mass is 10.0. The van der Waals surface area contributed by atoms with Crippen LogP contribution in [0.3, 0.4) is 0 Å². The van der Waals surface area contributed by atoms with E-state index >= 15 is 0 Å². The highest BCUT2D eigenvalue weighted by Gasteiger charge is 2.17. The number of carbonyl (C=O) groups excluding carboxylic acids is 3. The van der Waals surface area contributed by atoms with Gasteiger partial charge in [-0.2, -0.15) is 0 Å². The monoisotopic (exact) mass is 461 g/mol. The Hall–Kier alpha value is -3.87. The third-order valence-electron chi connectivity index (χ3n) is 5.73. The second-order valence-electron chi connectivity index (χ2n) is 8.55. The lowest BCUT2D eigenvalue weighted by Crippen LogP contribution is -2.31. The predicted octanol–water partition coefficient (Wildman–Crippen LogP) is 4.30. The average Bonchev–Trinajstić information content (AvgIpc) is 3.12. The first-order chi connectivity index (χ1) is 16.2. The van der Waals surface area contributed by atoms with E-state index in [2.05, 4.69) is 58.1 Å². The maximum absolute atomic E-state index is 13.0. The van der Waals surface area contributed by atoms with Gasteiger partial charge in [-0.15, -0.1) is 0 Å². The number of nitrogens with one attached hydrogen (secondary N) is 2. The molecule has 2 amide bonds. The number of anilines is 1. The SMILES string of the molecule is COC(=O)CNC(=O)Cc1ccc(NC(=O)c2cc(C)n(-c3ccc(C(C)C)cc3)c2C)cc1. The third-order valence-corrected chi connectivity index (χ3v) is 5.73. The van der Waals surface area contributed by atoms with Gasteiger partial charge in [0.15, 0.2) is 0 Å². The number of aromatic nitrogens is 1. The number of nitrogens with zero attached hydrogens (tertiary/aromatic N) is 1. The van der Waals surface area contributed by atoms with Crippen molar-refractivity contribution < 1.29 is 19.1 Å². The van der Waals surface area contributed by atoms with Crippen molar-refractivity contribution >= 4 is 23.5 Å². The number of benzene rings is 2. The summed E-state index contributed by atoms with van der Waals surface area (Å²) in [6, 6.07) is 17.3. The molecule has 0 saturated carbocycles. The van der Waals surface area contributed by atoms with Crippen LogP contribution in [0, 0.1) is 13.8 Å². The number of hydrogen-bond acceptors (Lipinski definition) is 4. The van der Waals surface area contributed by atoms with Crippen molar-refractivity contribution in [1.82, 2.24) is 9.88 Å². The van der Waals surface area contributed by atoms with Gasteiger partial charge in [0.1, 0.15) is 6.54 Å². The zero-order valence-electron chi connectivity index (χ0n) is 20.3. The minimum atomic E-state index is -0.502. The largest absolute Gasteiger partial charge is 0.468 e. The molecule has 2 aromatic carbocycles. The van der Waals surface area contributed by atoms with Crippen LogP contribution in [-0.2, 0) is 20.7 Å². The molecule has 0 aliphatic rings. The summed E-state index contributed by atoms with van der Waals surface area (Å²) in [5, 5.41) is 5.43. The topological polar surface area (TPSA) is 89.4 Å². The molecule has 3 rings (SSSR count). The van der Waals surface area contributed by atoms with E-state index in [1.54, 1.807) is 24.3 Å². The van der Waals surface area contributed by atoms with E-state index in [0.29, 0.717) is 17.2 Å². The van der Waals surface area contributed by atoms with Gasteiger partial charge in [0.25, 0.3) is 5.91 Å². The molecule has 7 nitrogen and oxygen atoms in total. The number of amides is 2. The number of methoxy groups -OCH3 is 1. The molecule has 0 unspecified atom stereocenters. The normalized spacial score (nSPS) is 10.8. The fourth-order valence-electron chi connectivity index (χ4n) is 3.79. The first kappa shape index (κ1) is 24.8. The van der Waals surface area contributed by atoms with Gasteiger partial charge in [-0.25, -0.2) is 0 Å². The van der Waals surface area contributed by atoms with E-state index in [-0.39, 0.29) is 24.8 Å². The predicted molar refractivity (Wildman–Crippen MR) is 132 cm³/mol. The van der Waals surface area contributed by atoms with Crippen molar-refractivity contribution in [1.29, 1.82) is 0 Å². The van der Waals surface area contributed by atoms with Crippen LogP contribution >= 0.6 is 0 Å². The number of rotatable bonds is 8. The molecule has 0 saturated heterocycles. The van der Waals surface area contributed by atoms with Crippen molar-refractivity contribution in [3.05, 3.63) is 82.7 Å². The molecule has 3 aromatic rings. The molecule has 1 aromatic heterocycles. The first-order valence-corrected chi connectivity index (χ1v) is 11.2. The maximum atomic E-state index is 13.0. The van der Waals surface area contributed by atoms with Crippen molar-refractivity contribution in [2.45, 2.75) is 40.0 Å². The smallest absolute Gasteiger partial charge is 0.325 e. The maximum Gasteiger partial charge on any atom is 0.325 e. The molecule has 1 heterocycles. The molecule has 0 aliphatic carbocycles. The molecular formula is C27H31N3O4. The highest BCUT2D eigenvalue weighted by molar-refractivity contribution is 6.05. The Morgan fingerprint density at radius 2 is 1.62 bits per heavy atom. The van der Waals surface area contributed by atoms with Gasteiger partial charge in [0.05, 0.1) is 19.1 Å². The third kappa shape index (κ3) is 5.92. The summed E-state index contributed by atoms with van der Waals surface area (Å²) in [7, 11) is 1.27. The second-order valence-corrected chi connectivity index (χ2v) is 8.55. The minimum absolute atomic E-state index is 0.127. The lowest BCUT2D eigenvalue weighted by Gasteiger charge is -2.12. The Bertz CT molecular complexity index is 1180.